The van der Waals surface area contributed by atoms with Crippen LogP contribution < -0.4 is 10.0 Å². The van der Waals surface area contributed by atoms with Crippen LogP contribution in [-0.2, 0) is 10.0 Å². The Morgan fingerprint density at radius 2 is 2.05 bits per heavy atom. The second-order valence-electron chi connectivity index (χ2n) is 3.85. The molecule has 2 heterocycles. The first-order valence-electron chi connectivity index (χ1n) is 5.86. The Balaban J connectivity index is 2.31. The molecule has 106 valence electrons. The number of pyridine rings is 2. The van der Waals surface area contributed by atoms with E-state index in [1.165, 1.54) is 24.5 Å². The van der Waals surface area contributed by atoms with Crippen LogP contribution in [-0.4, -0.2) is 24.9 Å². The van der Waals surface area contributed by atoms with Gasteiger partial charge in [0.2, 0.25) is 0 Å². The molecule has 0 aliphatic rings. The molecule has 0 aromatic carbocycles. The predicted molar refractivity (Wildman–Crippen MR) is 81.1 cm³/mol. The van der Waals surface area contributed by atoms with Gasteiger partial charge in [0, 0.05) is 25.0 Å². The molecule has 0 spiro atoms. The summed E-state index contributed by atoms with van der Waals surface area (Å²) >= 11 is 3.25. The molecule has 2 aromatic rings. The summed E-state index contributed by atoms with van der Waals surface area (Å²) in [6.07, 6.45) is 2.96. The molecule has 20 heavy (non-hydrogen) atoms. The van der Waals surface area contributed by atoms with Gasteiger partial charge in [0.1, 0.15) is 5.82 Å². The summed E-state index contributed by atoms with van der Waals surface area (Å²) in [5.74, 6) is 0.754. The van der Waals surface area contributed by atoms with Gasteiger partial charge in [-0.05, 0) is 41.1 Å². The number of nitrogens with zero attached hydrogens (tertiary/aromatic N) is 2. The number of hydrogen-bond donors (Lipinski definition) is 2. The van der Waals surface area contributed by atoms with Crippen LogP contribution in [0, 0.1) is 0 Å². The van der Waals surface area contributed by atoms with E-state index in [0.717, 1.165) is 0 Å². The molecule has 2 N–H and O–H groups in total. The maximum atomic E-state index is 12.3. The van der Waals surface area contributed by atoms with Crippen LogP contribution in [0.25, 0.3) is 0 Å². The summed E-state index contributed by atoms with van der Waals surface area (Å²) in [6.45, 7) is 2.57. The van der Waals surface area contributed by atoms with Gasteiger partial charge in [0.25, 0.3) is 10.0 Å². The van der Waals surface area contributed by atoms with Gasteiger partial charge in [0.05, 0.1) is 9.37 Å². The van der Waals surface area contributed by atoms with E-state index >= 15 is 0 Å². The fourth-order valence-corrected chi connectivity index (χ4v) is 3.03. The second kappa shape index (κ2) is 6.19. The predicted octanol–water partition coefficient (Wildman–Crippen LogP) is 2.47. The van der Waals surface area contributed by atoms with Crippen molar-refractivity contribution in [1.82, 2.24) is 9.97 Å². The number of rotatable bonds is 5. The van der Waals surface area contributed by atoms with Crippen molar-refractivity contribution in [2.75, 3.05) is 16.6 Å². The summed E-state index contributed by atoms with van der Waals surface area (Å²) in [7, 11) is -3.70. The van der Waals surface area contributed by atoms with E-state index in [0.29, 0.717) is 16.8 Å². The quantitative estimate of drug-likeness (QED) is 0.859. The van der Waals surface area contributed by atoms with E-state index in [9.17, 15) is 8.42 Å². The number of sulfonamides is 1. The summed E-state index contributed by atoms with van der Waals surface area (Å²) in [5, 5.41) is 2.97. The Morgan fingerprint density at radius 3 is 2.75 bits per heavy atom. The van der Waals surface area contributed by atoms with Gasteiger partial charge < -0.3 is 5.32 Å². The average Bonchev–Trinajstić information content (AvgIpc) is 2.42. The number of hydrogen-bond acceptors (Lipinski definition) is 5. The van der Waals surface area contributed by atoms with Crippen LogP contribution >= 0.6 is 15.9 Å². The van der Waals surface area contributed by atoms with Gasteiger partial charge in [-0.1, -0.05) is 0 Å². The minimum absolute atomic E-state index is 0.126. The monoisotopic (exact) mass is 356 g/mol. The molecule has 0 radical (unpaired) electrons. The standard InChI is InChI=1S/C12H13BrN4O2S/c1-2-14-11-8-9(5-7-15-11)20(18,19)17-12-10(13)4-3-6-16-12/h3-8H,2H2,1H3,(H,14,15)(H,16,17). The fraction of sp³-hybridized carbons (Fsp3) is 0.167. The smallest absolute Gasteiger partial charge is 0.263 e. The molecule has 0 bridgehead atoms. The summed E-state index contributed by atoms with van der Waals surface area (Å²) in [4.78, 5) is 8.14. The fourth-order valence-electron chi connectivity index (χ4n) is 1.50. The van der Waals surface area contributed by atoms with Crippen LogP contribution in [0.1, 0.15) is 6.92 Å². The maximum Gasteiger partial charge on any atom is 0.263 e. The SMILES string of the molecule is CCNc1cc(S(=O)(=O)Nc2ncccc2Br)ccn1. The van der Waals surface area contributed by atoms with Crippen LogP contribution in [0.5, 0.6) is 0 Å². The molecule has 2 rings (SSSR count). The average molecular weight is 357 g/mol. The van der Waals surface area contributed by atoms with E-state index in [2.05, 4.69) is 35.9 Å². The molecule has 0 fully saturated rings. The van der Waals surface area contributed by atoms with Gasteiger partial charge >= 0.3 is 0 Å². The minimum atomic E-state index is -3.70. The lowest BCUT2D eigenvalue weighted by atomic mass is 10.4. The van der Waals surface area contributed by atoms with E-state index in [1.807, 2.05) is 6.92 Å². The lowest BCUT2D eigenvalue weighted by Gasteiger charge is -2.09. The van der Waals surface area contributed by atoms with Crippen LogP contribution in [0.3, 0.4) is 0 Å². The zero-order valence-corrected chi connectivity index (χ0v) is 13.1. The van der Waals surface area contributed by atoms with Crippen molar-refractivity contribution < 1.29 is 8.42 Å². The molecular weight excluding hydrogens is 344 g/mol. The molecule has 6 nitrogen and oxygen atoms in total. The highest BCUT2D eigenvalue weighted by molar-refractivity contribution is 9.10. The van der Waals surface area contributed by atoms with E-state index in [1.54, 1.807) is 12.1 Å². The summed E-state index contributed by atoms with van der Waals surface area (Å²) in [6, 6.07) is 6.32. The van der Waals surface area contributed by atoms with Crippen molar-refractivity contribution in [2.24, 2.45) is 0 Å². The third-order valence-electron chi connectivity index (χ3n) is 2.39. The van der Waals surface area contributed by atoms with Crippen LogP contribution in [0.15, 0.2) is 46.0 Å². The number of halogens is 1. The number of anilines is 2. The van der Waals surface area contributed by atoms with E-state index < -0.39 is 10.0 Å². The van der Waals surface area contributed by atoms with Crippen molar-refractivity contribution in [3.63, 3.8) is 0 Å². The van der Waals surface area contributed by atoms with Gasteiger partial charge in [-0.2, -0.15) is 0 Å². The summed E-state index contributed by atoms with van der Waals surface area (Å²) < 4.78 is 27.6. The lowest BCUT2D eigenvalue weighted by molar-refractivity contribution is 0.601. The maximum absolute atomic E-state index is 12.3. The molecule has 2 aromatic heterocycles. The first-order chi connectivity index (χ1) is 9.53. The third kappa shape index (κ3) is 3.45. The summed E-state index contributed by atoms with van der Waals surface area (Å²) in [5.41, 5.74) is 0. The van der Waals surface area contributed by atoms with Gasteiger partial charge in [-0.15, -0.1) is 0 Å². The molecule has 0 saturated carbocycles. The third-order valence-corrected chi connectivity index (χ3v) is 4.37. The normalized spacial score (nSPS) is 11.1. The Labute approximate surface area is 125 Å². The topological polar surface area (TPSA) is 84.0 Å². The molecule has 0 aliphatic heterocycles. The Hall–Kier alpha value is -1.67. The molecule has 0 aliphatic carbocycles. The Kier molecular flexibility index (Phi) is 4.56. The first kappa shape index (κ1) is 14.7. The number of nitrogens with one attached hydrogen (secondary N) is 2. The zero-order chi connectivity index (χ0) is 14.6. The second-order valence-corrected chi connectivity index (χ2v) is 6.38. The molecule has 0 saturated heterocycles. The van der Waals surface area contributed by atoms with Crippen molar-refractivity contribution in [3.05, 3.63) is 41.1 Å². The minimum Gasteiger partial charge on any atom is -0.370 e. The van der Waals surface area contributed by atoms with E-state index in [4.69, 9.17) is 0 Å². The number of aromatic nitrogens is 2. The first-order valence-corrected chi connectivity index (χ1v) is 8.14. The molecule has 0 atom stereocenters. The Bertz CT molecular complexity index is 706. The highest BCUT2D eigenvalue weighted by Gasteiger charge is 2.17. The van der Waals surface area contributed by atoms with Crippen molar-refractivity contribution in [2.45, 2.75) is 11.8 Å². The van der Waals surface area contributed by atoms with Crippen molar-refractivity contribution in [1.29, 1.82) is 0 Å². The van der Waals surface area contributed by atoms with Crippen LogP contribution in [0.2, 0.25) is 0 Å². The van der Waals surface area contributed by atoms with Gasteiger partial charge in [0.15, 0.2) is 5.82 Å². The zero-order valence-electron chi connectivity index (χ0n) is 10.7. The lowest BCUT2D eigenvalue weighted by Crippen LogP contribution is -2.15. The van der Waals surface area contributed by atoms with Gasteiger partial charge in [-0.25, -0.2) is 18.4 Å². The molecule has 8 heteroatoms. The highest BCUT2D eigenvalue weighted by atomic mass is 79.9. The largest absolute Gasteiger partial charge is 0.370 e. The van der Waals surface area contributed by atoms with Crippen LogP contribution in [0.4, 0.5) is 11.6 Å². The van der Waals surface area contributed by atoms with E-state index in [-0.39, 0.29) is 10.7 Å². The van der Waals surface area contributed by atoms with Crippen molar-refractivity contribution >= 4 is 37.6 Å². The molecular formula is C12H13BrN4O2S. The van der Waals surface area contributed by atoms with Gasteiger partial charge in [-0.3, -0.25) is 4.72 Å². The Morgan fingerprint density at radius 1 is 1.25 bits per heavy atom. The molecule has 0 amide bonds. The highest BCUT2D eigenvalue weighted by Crippen LogP contribution is 2.22. The molecule has 0 unspecified atom stereocenters. The van der Waals surface area contributed by atoms with Crippen molar-refractivity contribution in [3.8, 4) is 0 Å².